The van der Waals surface area contributed by atoms with E-state index in [-0.39, 0.29) is 0 Å². The predicted octanol–water partition coefficient (Wildman–Crippen LogP) is 2.32. The van der Waals surface area contributed by atoms with Gasteiger partial charge in [-0.1, -0.05) is 30.3 Å². The summed E-state index contributed by atoms with van der Waals surface area (Å²) in [6, 6.07) is 10.7. The van der Waals surface area contributed by atoms with E-state index < -0.39 is 11.5 Å². The summed E-state index contributed by atoms with van der Waals surface area (Å²) in [6.07, 6.45) is 2.77. The molecule has 1 saturated heterocycles. The van der Waals surface area contributed by atoms with Crippen molar-refractivity contribution in [2.24, 2.45) is 0 Å². The molecule has 0 bridgehead atoms. The number of nitrogens with one attached hydrogen (secondary N) is 1. The molecule has 1 aromatic carbocycles. The number of hydrogen-bond donors (Lipinski definition) is 2. The Morgan fingerprint density at radius 2 is 2.14 bits per heavy atom. The van der Waals surface area contributed by atoms with Gasteiger partial charge in [-0.15, -0.1) is 0 Å². The van der Waals surface area contributed by atoms with Crippen molar-refractivity contribution >= 4 is 5.97 Å². The molecule has 1 aromatic rings. The highest BCUT2D eigenvalue weighted by Gasteiger charge is 2.31. The lowest BCUT2D eigenvalue weighted by molar-refractivity contribution is -0.144. The van der Waals surface area contributed by atoms with Crippen molar-refractivity contribution < 1.29 is 9.90 Å². The van der Waals surface area contributed by atoms with Gasteiger partial charge in [-0.25, -0.2) is 0 Å². The molecule has 1 heterocycles. The number of likely N-dealkylation sites (tertiary alicyclic amines) is 1. The molecule has 4 nitrogen and oxygen atoms in total. The third-order valence-corrected chi connectivity index (χ3v) is 4.72. The lowest BCUT2D eigenvalue weighted by Crippen LogP contribution is -2.47. The number of carboxylic acid groups (broad SMARTS) is 1. The van der Waals surface area contributed by atoms with E-state index in [1.54, 1.807) is 14.0 Å². The molecule has 2 rings (SSSR count). The molecular weight excluding hydrogens is 264 g/mol. The van der Waals surface area contributed by atoms with Crippen LogP contribution in [0.5, 0.6) is 0 Å². The number of carbonyl (C=O) groups is 1. The van der Waals surface area contributed by atoms with Crippen LogP contribution in [-0.2, 0) is 4.79 Å². The lowest BCUT2D eigenvalue weighted by Gasteiger charge is -2.25. The fourth-order valence-electron chi connectivity index (χ4n) is 3.03. The third kappa shape index (κ3) is 4.05. The van der Waals surface area contributed by atoms with Crippen LogP contribution < -0.4 is 5.32 Å². The largest absolute Gasteiger partial charge is 0.480 e. The maximum absolute atomic E-state index is 11.2. The Balaban J connectivity index is 1.77. The predicted molar refractivity (Wildman–Crippen MR) is 84.6 cm³/mol. The summed E-state index contributed by atoms with van der Waals surface area (Å²) in [6.45, 7) is 4.94. The average Bonchev–Trinajstić information content (AvgIpc) is 2.96. The highest BCUT2D eigenvalue weighted by atomic mass is 16.4. The van der Waals surface area contributed by atoms with Crippen LogP contribution in [0.2, 0.25) is 0 Å². The summed E-state index contributed by atoms with van der Waals surface area (Å²) in [5.41, 5.74) is 0.615. The second kappa shape index (κ2) is 7.05. The molecule has 116 valence electrons. The molecule has 4 heteroatoms. The number of carboxylic acids is 1. The van der Waals surface area contributed by atoms with Crippen LogP contribution in [0.4, 0.5) is 0 Å². The van der Waals surface area contributed by atoms with Crippen molar-refractivity contribution in [2.45, 2.75) is 37.6 Å². The van der Waals surface area contributed by atoms with Crippen molar-refractivity contribution in [3.63, 3.8) is 0 Å². The zero-order valence-electron chi connectivity index (χ0n) is 13.0. The van der Waals surface area contributed by atoms with Gasteiger partial charge in [0.25, 0.3) is 0 Å². The number of aliphatic carboxylic acids is 1. The van der Waals surface area contributed by atoms with Gasteiger partial charge in [-0.05, 0) is 57.8 Å². The highest BCUT2D eigenvalue weighted by Crippen LogP contribution is 2.27. The summed E-state index contributed by atoms with van der Waals surface area (Å²) in [7, 11) is 1.72. The van der Waals surface area contributed by atoms with E-state index >= 15 is 0 Å². The van der Waals surface area contributed by atoms with Gasteiger partial charge in [0.2, 0.25) is 0 Å². The molecule has 1 fully saturated rings. The molecule has 0 amide bonds. The Hall–Kier alpha value is -1.39. The van der Waals surface area contributed by atoms with Gasteiger partial charge in [0, 0.05) is 6.54 Å². The first-order chi connectivity index (χ1) is 10.0. The standard InChI is InChI=1S/C17H26N2O2/c1-17(18-2,16(20)21)10-6-11-19-12-9-15(13-19)14-7-4-3-5-8-14/h3-5,7-8,15,18H,6,9-13H2,1-2H3,(H,20,21). The smallest absolute Gasteiger partial charge is 0.323 e. The van der Waals surface area contributed by atoms with Gasteiger partial charge in [-0.3, -0.25) is 4.79 Å². The van der Waals surface area contributed by atoms with Crippen molar-refractivity contribution in [2.75, 3.05) is 26.7 Å². The number of likely N-dealkylation sites (N-methyl/N-ethyl adjacent to an activating group) is 1. The van der Waals surface area contributed by atoms with Gasteiger partial charge in [0.1, 0.15) is 5.54 Å². The first-order valence-electron chi connectivity index (χ1n) is 7.75. The van der Waals surface area contributed by atoms with Gasteiger partial charge >= 0.3 is 5.97 Å². The minimum absolute atomic E-state index is 0.626. The van der Waals surface area contributed by atoms with Crippen LogP contribution in [-0.4, -0.2) is 48.2 Å². The Morgan fingerprint density at radius 1 is 1.43 bits per heavy atom. The third-order valence-electron chi connectivity index (χ3n) is 4.72. The van der Waals surface area contributed by atoms with Crippen LogP contribution in [0, 0.1) is 0 Å². The van der Waals surface area contributed by atoms with Crippen LogP contribution in [0.25, 0.3) is 0 Å². The maximum atomic E-state index is 11.2. The SMILES string of the molecule is CNC(C)(CCCN1CCC(c2ccccc2)C1)C(=O)O. The molecule has 2 atom stereocenters. The van der Waals surface area contributed by atoms with E-state index in [0.29, 0.717) is 12.3 Å². The Morgan fingerprint density at radius 3 is 2.76 bits per heavy atom. The summed E-state index contributed by atoms with van der Waals surface area (Å²) in [5.74, 6) is -0.144. The van der Waals surface area contributed by atoms with Gasteiger partial charge in [0.15, 0.2) is 0 Å². The molecule has 21 heavy (non-hydrogen) atoms. The average molecular weight is 290 g/mol. The molecule has 0 spiro atoms. The van der Waals surface area contributed by atoms with Crippen LogP contribution in [0.15, 0.2) is 30.3 Å². The van der Waals surface area contributed by atoms with Crippen molar-refractivity contribution in [3.8, 4) is 0 Å². The van der Waals surface area contributed by atoms with Crippen molar-refractivity contribution in [3.05, 3.63) is 35.9 Å². The van der Waals surface area contributed by atoms with E-state index in [1.165, 1.54) is 12.0 Å². The molecule has 1 aliphatic heterocycles. The topological polar surface area (TPSA) is 52.6 Å². The Kier molecular flexibility index (Phi) is 5.37. The van der Waals surface area contributed by atoms with E-state index in [9.17, 15) is 9.90 Å². The summed E-state index contributed by atoms with van der Waals surface area (Å²) in [4.78, 5) is 13.7. The molecule has 0 aromatic heterocycles. The van der Waals surface area contributed by atoms with Crippen molar-refractivity contribution in [1.82, 2.24) is 10.2 Å². The van der Waals surface area contributed by atoms with E-state index in [0.717, 1.165) is 26.1 Å². The van der Waals surface area contributed by atoms with Crippen LogP contribution >= 0.6 is 0 Å². The molecule has 0 aliphatic carbocycles. The number of benzene rings is 1. The zero-order chi connectivity index (χ0) is 15.3. The van der Waals surface area contributed by atoms with Gasteiger partial charge in [0.05, 0.1) is 0 Å². The van der Waals surface area contributed by atoms with E-state index in [1.807, 2.05) is 0 Å². The number of nitrogens with zero attached hydrogens (tertiary/aromatic N) is 1. The molecule has 2 unspecified atom stereocenters. The van der Waals surface area contributed by atoms with E-state index in [2.05, 4.69) is 40.5 Å². The summed E-state index contributed by atoms with van der Waals surface area (Å²) < 4.78 is 0. The quantitative estimate of drug-likeness (QED) is 0.809. The normalized spacial score (nSPS) is 22.1. The zero-order valence-corrected chi connectivity index (χ0v) is 13.0. The number of hydrogen-bond acceptors (Lipinski definition) is 3. The monoisotopic (exact) mass is 290 g/mol. The molecule has 0 saturated carbocycles. The maximum Gasteiger partial charge on any atom is 0.323 e. The highest BCUT2D eigenvalue weighted by molar-refractivity contribution is 5.78. The fourth-order valence-corrected chi connectivity index (χ4v) is 3.03. The van der Waals surface area contributed by atoms with Crippen LogP contribution in [0.1, 0.15) is 37.7 Å². The lowest BCUT2D eigenvalue weighted by atomic mass is 9.96. The Labute approximate surface area is 127 Å². The first kappa shape index (κ1) is 16.0. The summed E-state index contributed by atoms with van der Waals surface area (Å²) in [5, 5.41) is 12.2. The molecule has 0 radical (unpaired) electrons. The fraction of sp³-hybridized carbons (Fsp3) is 0.588. The molecular formula is C17H26N2O2. The minimum atomic E-state index is -0.807. The minimum Gasteiger partial charge on any atom is -0.480 e. The van der Waals surface area contributed by atoms with Gasteiger partial charge in [-0.2, -0.15) is 0 Å². The second-order valence-corrected chi connectivity index (χ2v) is 6.19. The van der Waals surface area contributed by atoms with Gasteiger partial charge < -0.3 is 15.3 Å². The first-order valence-corrected chi connectivity index (χ1v) is 7.75. The second-order valence-electron chi connectivity index (χ2n) is 6.19. The summed E-state index contributed by atoms with van der Waals surface area (Å²) >= 11 is 0. The Bertz CT molecular complexity index is 463. The molecule has 2 N–H and O–H groups in total. The number of rotatable bonds is 7. The van der Waals surface area contributed by atoms with E-state index in [4.69, 9.17) is 0 Å². The molecule has 1 aliphatic rings. The van der Waals surface area contributed by atoms with Crippen LogP contribution in [0.3, 0.4) is 0 Å². The van der Waals surface area contributed by atoms with Crippen molar-refractivity contribution in [1.29, 1.82) is 0 Å².